The van der Waals surface area contributed by atoms with Crippen molar-refractivity contribution < 1.29 is 9.18 Å². The molecule has 2 rings (SSSR count). The fourth-order valence-corrected chi connectivity index (χ4v) is 2.24. The molecule has 6 heteroatoms. The van der Waals surface area contributed by atoms with E-state index in [1.807, 2.05) is 0 Å². The number of carbonyl (C=O) groups excluding carboxylic acids is 1. The van der Waals surface area contributed by atoms with Gasteiger partial charge in [0.25, 0.3) is 0 Å². The Balaban J connectivity index is 2.72. The molecule has 1 aromatic heterocycles. The topological polar surface area (TPSA) is 34.9 Å². The Bertz CT molecular complexity index is 554. The van der Waals surface area contributed by atoms with Crippen molar-refractivity contribution in [3.05, 3.63) is 43.3 Å². The van der Waals surface area contributed by atoms with Gasteiger partial charge >= 0.3 is 0 Å². The molecule has 2 aromatic rings. The summed E-state index contributed by atoms with van der Waals surface area (Å²) < 4.78 is 16.8. The van der Waals surface area contributed by atoms with Crippen LogP contribution in [0.3, 0.4) is 0 Å². The monoisotopic (exact) mass is 442 g/mol. The molecule has 82 valence electrons. The third-order valence-corrected chi connectivity index (χ3v) is 4.91. The molecule has 0 aliphatic carbocycles. The van der Waals surface area contributed by atoms with Gasteiger partial charge in [-0.15, -0.1) is 0 Å². The van der Waals surface area contributed by atoms with Gasteiger partial charge in [-0.25, -0.2) is 9.37 Å². The number of aromatic nitrogens is 2. The minimum absolute atomic E-state index is 0.248. The molecule has 0 aliphatic heterocycles. The molecule has 0 bridgehead atoms. The quantitative estimate of drug-likeness (QED) is 0.530. The van der Waals surface area contributed by atoms with Gasteiger partial charge in [-0.2, -0.15) is 0 Å². The lowest BCUT2D eigenvalue weighted by Gasteiger charge is -2.08. The van der Waals surface area contributed by atoms with E-state index in [-0.39, 0.29) is 5.69 Å². The smallest absolute Gasteiger partial charge is 0.152 e. The van der Waals surface area contributed by atoms with Crippen molar-refractivity contribution >= 4 is 51.5 Å². The number of halogens is 3. The Morgan fingerprint density at radius 2 is 2.12 bits per heavy atom. The number of aldehydes is 1. The van der Waals surface area contributed by atoms with Crippen LogP contribution in [0.15, 0.2) is 24.5 Å². The number of benzene rings is 1. The highest BCUT2D eigenvalue weighted by Gasteiger charge is 2.14. The van der Waals surface area contributed by atoms with Gasteiger partial charge in [0.15, 0.2) is 6.29 Å². The van der Waals surface area contributed by atoms with Gasteiger partial charge < -0.3 is 0 Å². The highest BCUT2D eigenvalue weighted by Crippen LogP contribution is 2.22. The summed E-state index contributed by atoms with van der Waals surface area (Å²) in [6.07, 6.45) is 2.15. The summed E-state index contributed by atoms with van der Waals surface area (Å²) in [7, 11) is 0. The van der Waals surface area contributed by atoms with Crippen molar-refractivity contribution in [1.29, 1.82) is 0 Å². The molecule has 3 nitrogen and oxygen atoms in total. The molecule has 0 amide bonds. The number of rotatable bonds is 2. The summed E-state index contributed by atoms with van der Waals surface area (Å²) in [4.78, 5) is 14.9. The van der Waals surface area contributed by atoms with Gasteiger partial charge in [0.1, 0.15) is 19.5 Å². The number of hydrogen-bond donors (Lipinski definition) is 0. The minimum Gasteiger partial charge on any atom is -0.298 e. The highest BCUT2D eigenvalue weighted by molar-refractivity contribution is 14.1. The molecule has 0 saturated carbocycles. The summed E-state index contributed by atoms with van der Waals surface area (Å²) in [6, 6.07) is 4.41. The first-order valence-electron chi connectivity index (χ1n) is 4.27. The summed E-state index contributed by atoms with van der Waals surface area (Å²) in [6.45, 7) is 0. The summed E-state index contributed by atoms with van der Waals surface area (Å²) in [5.74, 6) is -0.434. The van der Waals surface area contributed by atoms with Gasteiger partial charge in [-0.05, 0) is 57.3 Å². The highest BCUT2D eigenvalue weighted by atomic mass is 127. The van der Waals surface area contributed by atoms with Gasteiger partial charge in [0.05, 0.1) is 5.69 Å². The molecule has 0 radical (unpaired) electrons. The van der Waals surface area contributed by atoms with E-state index in [0.29, 0.717) is 11.8 Å². The molecular formula is C10H5FI2N2O. The van der Waals surface area contributed by atoms with Crippen LogP contribution >= 0.6 is 45.2 Å². The maximum atomic E-state index is 13.7. The molecule has 1 aromatic carbocycles. The second kappa shape index (κ2) is 4.78. The van der Waals surface area contributed by atoms with Gasteiger partial charge in [0.2, 0.25) is 0 Å². The summed E-state index contributed by atoms with van der Waals surface area (Å²) >= 11 is 4.12. The van der Waals surface area contributed by atoms with Gasteiger partial charge in [0, 0.05) is 5.56 Å². The van der Waals surface area contributed by atoms with Crippen molar-refractivity contribution in [3.63, 3.8) is 0 Å². The molecule has 16 heavy (non-hydrogen) atoms. The predicted molar refractivity (Wildman–Crippen MR) is 74.3 cm³/mol. The van der Waals surface area contributed by atoms with Crippen molar-refractivity contribution in [2.75, 3.05) is 0 Å². The molecular weight excluding hydrogens is 437 g/mol. The van der Waals surface area contributed by atoms with Crippen LogP contribution in [0.5, 0.6) is 0 Å². The van der Waals surface area contributed by atoms with Crippen LogP contribution in [0, 0.1) is 13.2 Å². The van der Waals surface area contributed by atoms with Crippen LogP contribution in [0.25, 0.3) is 5.69 Å². The standard InChI is InChI=1S/C10H5FI2N2O/c11-7-3-1-2-6(4-16)8(7)15-5-14-9(12)10(15)13/h1-5H. The number of imidazole rings is 1. The molecule has 0 aliphatic rings. The van der Waals surface area contributed by atoms with E-state index in [4.69, 9.17) is 0 Å². The maximum absolute atomic E-state index is 13.7. The van der Waals surface area contributed by atoms with E-state index >= 15 is 0 Å². The zero-order chi connectivity index (χ0) is 11.7. The molecule has 0 fully saturated rings. The van der Waals surface area contributed by atoms with E-state index < -0.39 is 5.82 Å². The van der Waals surface area contributed by atoms with E-state index in [1.54, 1.807) is 10.6 Å². The predicted octanol–water partition coefficient (Wildman–Crippen LogP) is 3.03. The molecule has 0 atom stereocenters. The first-order valence-corrected chi connectivity index (χ1v) is 6.43. The van der Waals surface area contributed by atoms with Crippen LogP contribution in [-0.4, -0.2) is 15.8 Å². The third-order valence-electron chi connectivity index (χ3n) is 2.05. The van der Waals surface area contributed by atoms with E-state index in [2.05, 4.69) is 50.2 Å². The Labute approximate surface area is 118 Å². The van der Waals surface area contributed by atoms with Gasteiger partial charge in [-0.3, -0.25) is 9.36 Å². The SMILES string of the molecule is O=Cc1cccc(F)c1-n1cnc(I)c1I. The summed E-state index contributed by atoms with van der Waals surface area (Å²) in [5.41, 5.74) is 0.559. The van der Waals surface area contributed by atoms with Crippen molar-refractivity contribution in [2.24, 2.45) is 0 Å². The van der Waals surface area contributed by atoms with Crippen LogP contribution in [0.4, 0.5) is 4.39 Å². The fourth-order valence-electron chi connectivity index (χ4n) is 1.35. The number of para-hydroxylation sites is 1. The molecule has 0 spiro atoms. The van der Waals surface area contributed by atoms with Crippen molar-refractivity contribution in [2.45, 2.75) is 0 Å². The Morgan fingerprint density at radius 3 is 2.69 bits per heavy atom. The van der Waals surface area contributed by atoms with Crippen LogP contribution in [-0.2, 0) is 0 Å². The summed E-state index contributed by atoms with van der Waals surface area (Å²) in [5, 5.41) is 0. The Kier molecular flexibility index (Phi) is 3.57. The second-order valence-corrected chi connectivity index (χ2v) is 5.04. The van der Waals surface area contributed by atoms with Crippen LogP contribution in [0.2, 0.25) is 0 Å². The normalized spacial score (nSPS) is 10.4. The zero-order valence-corrected chi connectivity index (χ0v) is 12.1. The van der Waals surface area contributed by atoms with Crippen molar-refractivity contribution in [3.8, 4) is 5.69 Å². The van der Waals surface area contributed by atoms with Crippen LogP contribution in [0.1, 0.15) is 10.4 Å². The average Bonchev–Trinajstić information content (AvgIpc) is 2.60. The zero-order valence-electron chi connectivity index (χ0n) is 7.82. The molecule has 0 unspecified atom stereocenters. The first-order chi connectivity index (χ1) is 7.65. The second-order valence-electron chi connectivity index (χ2n) is 2.99. The number of hydrogen-bond acceptors (Lipinski definition) is 2. The third kappa shape index (κ3) is 1.99. The van der Waals surface area contributed by atoms with E-state index in [9.17, 15) is 9.18 Å². The average molecular weight is 442 g/mol. The van der Waals surface area contributed by atoms with E-state index in [1.165, 1.54) is 18.5 Å². The van der Waals surface area contributed by atoms with E-state index in [0.717, 1.165) is 7.40 Å². The fraction of sp³-hybridized carbons (Fsp3) is 0. The van der Waals surface area contributed by atoms with Crippen molar-refractivity contribution in [1.82, 2.24) is 9.55 Å². The lowest BCUT2D eigenvalue weighted by atomic mass is 10.2. The number of nitrogens with zero attached hydrogens (tertiary/aromatic N) is 2. The molecule has 0 saturated heterocycles. The molecule has 1 heterocycles. The lowest BCUT2D eigenvalue weighted by molar-refractivity contribution is 0.112. The maximum Gasteiger partial charge on any atom is 0.152 e. The molecule has 0 N–H and O–H groups in total. The Morgan fingerprint density at radius 1 is 1.38 bits per heavy atom. The Hall–Kier alpha value is -0.510. The first kappa shape index (κ1) is 12.0. The lowest BCUT2D eigenvalue weighted by Crippen LogP contribution is -2.03. The number of carbonyl (C=O) groups is 1. The minimum atomic E-state index is -0.434. The van der Waals surface area contributed by atoms with Crippen LogP contribution < -0.4 is 0 Å². The van der Waals surface area contributed by atoms with Gasteiger partial charge in [-0.1, -0.05) is 6.07 Å². The largest absolute Gasteiger partial charge is 0.298 e.